The molecule has 0 radical (unpaired) electrons. The molecule has 0 bridgehead atoms. The molecule has 0 spiro atoms. The summed E-state index contributed by atoms with van der Waals surface area (Å²) in [6.45, 7) is 9.62. The lowest BCUT2D eigenvalue weighted by molar-refractivity contribution is -0.384. The Balaban J connectivity index is 1.90. The van der Waals surface area contributed by atoms with E-state index in [2.05, 4.69) is 4.98 Å². The van der Waals surface area contributed by atoms with Crippen LogP contribution in [-0.2, 0) is 9.31 Å². The van der Waals surface area contributed by atoms with E-state index in [1.807, 2.05) is 27.7 Å². The quantitative estimate of drug-likeness (QED) is 0.354. The number of ketones is 1. The Morgan fingerprint density at radius 2 is 1.85 bits per heavy atom. The molecule has 26 heavy (non-hydrogen) atoms. The number of nitro groups is 1. The van der Waals surface area contributed by atoms with Gasteiger partial charge in [0.25, 0.3) is 5.69 Å². The molecule has 1 aliphatic heterocycles. The van der Waals surface area contributed by atoms with E-state index in [9.17, 15) is 14.9 Å². The molecule has 2 aromatic rings. The minimum absolute atomic E-state index is 0.129. The first-order chi connectivity index (χ1) is 12.0. The van der Waals surface area contributed by atoms with Crippen molar-refractivity contribution in [2.24, 2.45) is 0 Å². The predicted octanol–water partition coefficient (Wildman–Crippen LogP) is 2.89. The average molecular weight is 374 g/mol. The summed E-state index contributed by atoms with van der Waals surface area (Å²) in [4.78, 5) is 27.4. The van der Waals surface area contributed by atoms with Crippen molar-refractivity contribution in [2.45, 2.75) is 45.8 Å². The minimum atomic E-state index is -0.593. The summed E-state index contributed by atoms with van der Waals surface area (Å²) in [7, 11) is -0.593. The first-order valence-electron chi connectivity index (χ1n) is 8.14. The standard InChI is InChI=1S/C17H19BN2O5S/c1-10-14(18-24-16(2,3)17(4,5)25-18)26-15(19-10)13(21)11-7-6-8-12(9-11)20(22)23/h6-9H,1-5H3. The van der Waals surface area contributed by atoms with Gasteiger partial charge in [-0.3, -0.25) is 14.9 Å². The largest absolute Gasteiger partial charge is 0.507 e. The van der Waals surface area contributed by atoms with E-state index in [4.69, 9.17) is 9.31 Å². The molecule has 1 saturated heterocycles. The van der Waals surface area contributed by atoms with Crippen molar-refractivity contribution in [1.82, 2.24) is 4.98 Å². The third-order valence-corrected chi connectivity index (χ3v) is 5.99. The Labute approximate surface area is 155 Å². The van der Waals surface area contributed by atoms with Gasteiger partial charge in [-0.15, -0.1) is 11.3 Å². The second-order valence-corrected chi connectivity index (χ2v) is 8.22. The maximum Gasteiger partial charge on any atom is 0.507 e. The van der Waals surface area contributed by atoms with E-state index in [-0.39, 0.29) is 22.0 Å². The molecule has 7 nitrogen and oxygen atoms in total. The van der Waals surface area contributed by atoms with Crippen molar-refractivity contribution < 1.29 is 19.0 Å². The molecule has 2 heterocycles. The van der Waals surface area contributed by atoms with Crippen molar-refractivity contribution >= 4 is 34.7 Å². The lowest BCUT2D eigenvalue weighted by atomic mass is 9.86. The van der Waals surface area contributed by atoms with Gasteiger partial charge in [-0.2, -0.15) is 0 Å². The monoisotopic (exact) mass is 374 g/mol. The Bertz CT molecular complexity index is 877. The third kappa shape index (κ3) is 3.18. The maximum absolute atomic E-state index is 12.7. The smallest absolute Gasteiger partial charge is 0.399 e. The average Bonchev–Trinajstić information content (AvgIpc) is 3.04. The van der Waals surface area contributed by atoms with E-state index in [1.54, 1.807) is 13.0 Å². The molecule has 3 rings (SSSR count). The molecule has 1 fully saturated rings. The Hall–Kier alpha value is -2.10. The molecule has 1 aromatic heterocycles. The van der Waals surface area contributed by atoms with Crippen LogP contribution in [-0.4, -0.2) is 34.0 Å². The molecular formula is C17H19BN2O5S. The van der Waals surface area contributed by atoms with Gasteiger partial charge in [0.05, 0.1) is 20.9 Å². The molecule has 9 heteroatoms. The fraction of sp³-hybridized carbons (Fsp3) is 0.412. The molecular weight excluding hydrogens is 355 g/mol. The van der Waals surface area contributed by atoms with Crippen LogP contribution in [0.1, 0.15) is 48.8 Å². The molecule has 0 unspecified atom stereocenters. The molecule has 1 aliphatic rings. The van der Waals surface area contributed by atoms with Crippen molar-refractivity contribution in [1.29, 1.82) is 0 Å². The minimum Gasteiger partial charge on any atom is -0.399 e. The first kappa shape index (κ1) is 18.7. The maximum atomic E-state index is 12.7. The first-order valence-corrected chi connectivity index (χ1v) is 8.95. The van der Waals surface area contributed by atoms with Crippen molar-refractivity contribution in [3.8, 4) is 0 Å². The number of carbonyl (C=O) groups excluding carboxylic acids is 1. The summed E-state index contributed by atoms with van der Waals surface area (Å²) in [6, 6.07) is 5.63. The van der Waals surface area contributed by atoms with Gasteiger partial charge in [-0.1, -0.05) is 12.1 Å². The van der Waals surface area contributed by atoms with Crippen LogP contribution < -0.4 is 4.78 Å². The Morgan fingerprint density at radius 3 is 2.42 bits per heavy atom. The number of non-ortho nitro benzene ring substituents is 1. The Kier molecular flexibility index (Phi) is 4.50. The van der Waals surface area contributed by atoms with E-state index < -0.39 is 23.2 Å². The number of hydrogen-bond donors (Lipinski definition) is 0. The highest BCUT2D eigenvalue weighted by Gasteiger charge is 2.53. The molecule has 136 valence electrons. The zero-order chi connectivity index (χ0) is 19.3. The summed E-state index contributed by atoms with van der Waals surface area (Å²) in [5, 5.41) is 11.2. The number of rotatable bonds is 4. The summed E-state index contributed by atoms with van der Waals surface area (Å²) in [5.41, 5.74) is -0.220. The highest BCUT2D eigenvalue weighted by Crippen LogP contribution is 2.37. The van der Waals surface area contributed by atoms with Crippen LogP contribution in [0.3, 0.4) is 0 Å². The van der Waals surface area contributed by atoms with Crippen LogP contribution >= 0.6 is 11.3 Å². The van der Waals surface area contributed by atoms with Crippen LogP contribution in [0.2, 0.25) is 0 Å². The molecule has 0 amide bonds. The van der Waals surface area contributed by atoms with Crippen molar-refractivity contribution in [2.75, 3.05) is 0 Å². The van der Waals surface area contributed by atoms with Crippen LogP contribution in [0.4, 0.5) is 5.69 Å². The summed E-state index contributed by atoms with van der Waals surface area (Å²) in [5.74, 6) is -0.357. The fourth-order valence-electron chi connectivity index (χ4n) is 2.56. The van der Waals surface area contributed by atoms with E-state index in [0.717, 1.165) is 4.78 Å². The van der Waals surface area contributed by atoms with Gasteiger partial charge in [-0.05, 0) is 34.6 Å². The second-order valence-electron chi connectivity index (χ2n) is 7.19. The lowest BCUT2D eigenvalue weighted by Crippen LogP contribution is -2.41. The zero-order valence-electron chi connectivity index (χ0n) is 15.2. The number of benzene rings is 1. The normalized spacial score (nSPS) is 18.1. The highest BCUT2D eigenvalue weighted by molar-refractivity contribution is 7.23. The van der Waals surface area contributed by atoms with Gasteiger partial charge in [0.2, 0.25) is 5.78 Å². The van der Waals surface area contributed by atoms with Gasteiger partial charge >= 0.3 is 7.12 Å². The topological polar surface area (TPSA) is 91.6 Å². The Morgan fingerprint density at radius 1 is 1.23 bits per heavy atom. The molecule has 1 aromatic carbocycles. The van der Waals surface area contributed by atoms with Gasteiger partial charge in [0.1, 0.15) is 0 Å². The molecule has 0 saturated carbocycles. The van der Waals surface area contributed by atoms with Crippen LogP contribution in [0.15, 0.2) is 24.3 Å². The number of thiazole rings is 1. The number of carbonyl (C=O) groups is 1. The number of hydrogen-bond acceptors (Lipinski definition) is 7. The summed E-state index contributed by atoms with van der Waals surface area (Å²) < 4.78 is 12.8. The van der Waals surface area contributed by atoms with Crippen LogP contribution in [0.5, 0.6) is 0 Å². The summed E-state index contributed by atoms with van der Waals surface area (Å²) >= 11 is 1.19. The molecule has 0 N–H and O–H groups in total. The lowest BCUT2D eigenvalue weighted by Gasteiger charge is -2.32. The number of nitrogens with zero attached hydrogens (tertiary/aromatic N) is 2. The molecule has 0 aliphatic carbocycles. The van der Waals surface area contributed by atoms with E-state index in [0.29, 0.717) is 5.69 Å². The van der Waals surface area contributed by atoms with E-state index >= 15 is 0 Å². The van der Waals surface area contributed by atoms with E-state index in [1.165, 1.54) is 29.5 Å². The van der Waals surface area contributed by atoms with Gasteiger partial charge in [0.15, 0.2) is 5.01 Å². The zero-order valence-corrected chi connectivity index (χ0v) is 16.0. The number of aromatic nitrogens is 1. The second kappa shape index (κ2) is 6.26. The van der Waals surface area contributed by atoms with Crippen molar-refractivity contribution in [3.63, 3.8) is 0 Å². The SMILES string of the molecule is Cc1nc(C(=O)c2cccc([N+](=O)[O-])c2)sc1B1OC(C)(C)C(C)(C)O1. The van der Waals surface area contributed by atoms with Crippen LogP contribution in [0, 0.1) is 17.0 Å². The number of nitro benzene ring substituents is 1. The third-order valence-electron chi connectivity index (χ3n) is 4.81. The molecule has 0 atom stereocenters. The van der Waals surface area contributed by atoms with Gasteiger partial charge in [-0.25, -0.2) is 4.98 Å². The van der Waals surface area contributed by atoms with Crippen LogP contribution in [0.25, 0.3) is 0 Å². The van der Waals surface area contributed by atoms with Gasteiger partial charge in [0, 0.05) is 23.4 Å². The summed E-state index contributed by atoms with van der Waals surface area (Å²) in [6.07, 6.45) is 0. The fourth-order valence-corrected chi connectivity index (χ4v) is 3.55. The van der Waals surface area contributed by atoms with Crippen molar-refractivity contribution in [3.05, 3.63) is 50.6 Å². The number of aryl methyl sites for hydroxylation is 1. The highest BCUT2D eigenvalue weighted by atomic mass is 32.1. The predicted molar refractivity (Wildman–Crippen MR) is 99.1 cm³/mol. The van der Waals surface area contributed by atoms with Gasteiger partial charge < -0.3 is 9.31 Å².